The third-order valence-corrected chi connectivity index (χ3v) is 3.35. The van der Waals surface area contributed by atoms with Gasteiger partial charge in [-0.15, -0.1) is 0 Å². The largest absolute Gasteiger partial charge is 0.319 e. The monoisotopic (exact) mass is 198 g/mol. The molecule has 84 valence electrons. The van der Waals surface area contributed by atoms with E-state index in [-0.39, 0.29) is 0 Å². The SMILES string of the molecule is CNCC(CN1CCCCC1)C(C)C. The van der Waals surface area contributed by atoms with Gasteiger partial charge in [-0.25, -0.2) is 0 Å². The molecule has 0 aromatic heterocycles. The molecule has 14 heavy (non-hydrogen) atoms. The molecular weight excluding hydrogens is 172 g/mol. The van der Waals surface area contributed by atoms with Crippen molar-refractivity contribution in [2.24, 2.45) is 11.8 Å². The summed E-state index contributed by atoms with van der Waals surface area (Å²) >= 11 is 0. The highest BCUT2D eigenvalue weighted by Crippen LogP contribution is 2.15. The molecule has 1 aliphatic rings. The predicted molar refractivity (Wildman–Crippen MR) is 62.5 cm³/mol. The summed E-state index contributed by atoms with van der Waals surface area (Å²) in [4.78, 5) is 2.64. The minimum absolute atomic E-state index is 0.796. The van der Waals surface area contributed by atoms with E-state index in [0.717, 1.165) is 18.4 Å². The second kappa shape index (κ2) is 6.41. The van der Waals surface area contributed by atoms with E-state index in [2.05, 4.69) is 31.1 Å². The lowest BCUT2D eigenvalue weighted by atomic mass is 9.94. The molecule has 0 spiro atoms. The van der Waals surface area contributed by atoms with Gasteiger partial charge in [-0.1, -0.05) is 20.3 Å². The van der Waals surface area contributed by atoms with E-state index in [1.807, 2.05) is 0 Å². The minimum Gasteiger partial charge on any atom is -0.319 e. The molecule has 1 saturated heterocycles. The van der Waals surface area contributed by atoms with Crippen molar-refractivity contribution in [3.63, 3.8) is 0 Å². The molecule has 0 radical (unpaired) electrons. The van der Waals surface area contributed by atoms with Gasteiger partial charge in [0, 0.05) is 6.54 Å². The highest BCUT2D eigenvalue weighted by atomic mass is 15.1. The van der Waals surface area contributed by atoms with Crippen LogP contribution in [0.4, 0.5) is 0 Å². The van der Waals surface area contributed by atoms with Gasteiger partial charge in [0.15, 0.2) is 0 Å². The molecule has 0 bridgehead atoms. The van der Waals surface area contributed by atoms with E-state index >= 15 is 0 Å². The van der Waals surface area contributed by atoms with Crippen LogP contribution in [0, 0.1) is 11.8 Å². The van der Waals surface area contributed by atoms with Crippen molar-refractivity contribution in [3.05, 3.63) is 0 Å². The molecule has 1 unspecified atom stereocenters. The first-order chi connectivity index (χ1) is 6.74. The van der Waals surface area contributed by atoms with Crippen molar-refractivity contribution in [1.29, 1.82) is 0 Å². The Kier molecular flexibility index (Phi) is 5.49. The zero-order valence-electron chi connectivity index (χ0n) is 10.1. The van der Waals surface area contributed by atoms with Crippen molar-refractivity contribution in [3.8, 4) is 0 Å². The summed E-state index contributed by atoms with van der Waals surface area (Å²) in [5.74, 6) is 1.61. The van der Waals surface area contributed by atoms with E-state index in [0.29, 0.717) is 0 Å². The number of hydrogen-bond acceptors (Lipinski definition) is 2. The van der Waals surface area contributed by atoms with Gasteiger partial charge in [0.05, 0.1) is 0 Å². The number of hydrogen-bond donors (Lipinski definition) is 1. The molecule has 0 aromatic carbocycles. The molecule has 0 amide bonds. The lowest BCUT2D eigenvalue weighted by Gasteiger charge is -2.32. The van der Waals surface area contributed by atoms with E-state index in [4.69, 9.17) is 0 Å². The van der Waals surface area contributed by atoms with Crippen LogP contribution < -0.4 is 5.32 Å². The third-order valence-electron chi connectivity index (χ3n) is 3.35. The van der Waals surface area contributed by atoms with Gasteiger partial charge in [-0.2, -0.15) is 0 Å². The highest BCUT2D eigenvalue weighted by molar-refractivity contribution is 4.73. The topological polar surface area (TPSA) is 15.3 Å². The zero-order chi connectivity index (χ0) is 10.4. The summed E-state index contributed by atoms with van der Waals surface area (Å²) in [6.07, 6.45) is 4.25. The van der Waals surface area contributed by atoms with Crippen LogP contribution in [-0.4, -0.2) is 38.1 Å². The number of rotatable bonds is 5. The standard InChI is InChI=1S/C12H26N2/c1-11(2)12(9-13-3)10-14-7-5-4-6-8-14/h11-13H,4-10H2,1-3H3. The second-order valence-electron chi connectivity index (χ2n) is 4.92. The van der Waals surface area contributed by atoms with E-state index in [1.54, 1.807) is 0 Å². The fraction of sp³-hybridized carbons (Fsp3) is 1.00. The molecular formula is C12H26N2. The van der Waals surface area contributed by atoms with Gasteiger partial charge in [0.25, 0.3) is 0 Å². The quantitative estimate of drug-likeness (QED) is 0.726. The molecule has 1 atom stereocenters. The van der Waals surface area contributed by atoms with Crippen molar-refractivity contribution in [1.82, 2.24) is 10.2 Å². The van der Waals surface area contributed by atoms with E-state index in [1.165, 1.54) is 38.9 Å². The molecule has 1 fully saturated rings. The molecule has 1 heterocycles. The first-order valence-corrected chi connectivity index (χ1v) is 6.11. The number of piperidine rings is 1. The first-order valence-electron chi connectivity index (χ1n) is 6.11. The Morgan fingerprint density at radius 3 is 2.29 bits per heavy atom. The first kappa shape index (κ1) is 12.0. The fourth-order valence-electron chi connectivity index (χ4n) is 2.25. The number of likely N-dealkylation sites (tertiary alicyclic amines) is 1. The van der Waals surface area contributed by atoms with Gasteiger partial charge < -0.3 is 10.2 Å². The van der Waals surface area contributed by atoms with Crippen LogP contribution in [0.1, 0.15) is 33.1 Å². The molecule has 1 N–H and O–H groups in total. The summed E-state index contributed by atoms with van der Waals surface area (Å²) < 4.78 is 0. The van der Waals surface area contributed by atoms with Crippen LogP contribution in [0.25, 0.3) is 0 Å². The Morgan fingerprint density at radius 1 is 1.14 bits per heavy atom. The summed E-state index contributed by atoms with van der Waals surface area (Å²) in [6.45, 7) is 9.78. The Morgan fingerprint density at radius 2 is 1.79 bits per heavy atom. The van der Waals surface area contributed by atoms with Crippen LogP contribution in [0.15, 0.2) is 0 Å². The van der Waals surface area contributed by atoms with Gasteiger partial charge in [-0.05, 0) is 51.4 Å². The maximum absolute atomic E-state index is 3.31. The average Bonchev–Trinajstić information content (AvgIpc) is 2.18. The summed E-state index contributed by atoms with van der Waals surface area (Å²) in [5, 5.41) is 3.31. The minimum atomic E-state index is 0.796. The Hall–Kier alpha value is -0.0800. The summed E-state index contributed by atoms with van der Waals surface area (Å²) in [6, 6.07) is 0. The maximum Gasteiger partial charge on any atom is 0.00242 e. The number of nitrogens with one attached hydrogen (secondary N) is 1. The Labute approximate surface area is 89.1 Å². The zero-order valence-corrected chi connectivity index (χ0v) is 10.1. The third kappa shape index (κ3) is 3.97. The lowest BCUT2D eigenvalue weighted by Crippen LogP contribution is -2.39. The smallest absolute Gasteiger partial charge is 0.00242 e. The van der Waals surface area contributed by atoms with Crippen LogP contribution in [0.2, 0.25) is 0 Å². The Bertz CT molecular complexity index is 139. The maximum atomic E-state index is 3.31. The molecule has 0 aliphatic carbocycles. The van der Waals surface area contributed by atoms with Gasteiger partial charge in [-0.3, -0.25) is 0 Å². The molecule has 1 aliphatic heterocycles. The second-order valence-corrected chi connectivity index (χ2v) is 4.92. The normalized spacial score (nSPS) is 21.4. The number of nitrogens with zero attached hydrogens (tertiary/aromatic N) is 1. The van der Waals surface area contributed by atoms with Gasteiger partial charge in [0.2, 0.25) is 0 Å². The van der Waals surface area contributed by atoms with Crippen molar-refractivity contribution in [2.75, 3.05) is 33.2 Å². The van der Waals surface area contributed by atoms with Crippen LogP contribution in [0.5, 0.6) is 0 Å². The van der Waals surface area contributed by atoms with Crippen molar-refractivity contribution >= 4 is 0 Å². The predicted octanol–water partition coefficient (Wildman–Crippen LogP) is 1.96. The van der Waals surface area contributed by atoms with Crippen LogP contribution in [-0.2, 0) is 0 Å². The van der Waals surface area contributed by atoms with Crippen molar-refractivity contribution < 1.29 is 0 Å². The molecule has 1 rings (SSSR count). The van der Waals surface area contributed by atoms with Gasteiger partial charge >= 0.3 is 0 Å². The van der Waals surface area contributed by atoms with Crippen molar-refractivity contribution in [2.45, 2.75) is 33.1 Å². The average molecular weight is 198 g/mol. The van der Waals surface area contributed by atoms with Crippen LogP contribution >= 0.6 is 0 Å². The van der Waals surface area contributed by atoms with E-state index < -0.39 is 0 Å². The fourth-order valence-corrected chi connectivity index (χ4v) is 2.25. The molecule has 0 saturated carbocycles. The highest BCUT2D eigenvalue weighted by Gasteiger charge is 2.18. The Balaban J connectivity index is 2.29. The molecule has 2 nitrogen and oxygen atoms in total. The van der Waals surface area contributed by atoms with Gasteiger partial charge in [0.1, 0.15) is 0 Å². The molecule has 0 aromatic rings. The summed E-state index contributed by atoms with van der Waals surface area (Å²) in [5.41, 5.74) is 0. The summed E-state index contributed by atoms with van der Waals surface area (Å²) in [7, 11) is 2.06. The lowest BCUT2D eigenvalue weighted by molar-refractivity contribution is 0.172. The van der Waals surface area contributed by atoms with Crippen LogP contribution in [0.3, 0.4) is 0 Å². The molecule has 2 heteroatoms. The van der Waals surface area contributed by atoms with E-state index in [9.17, 15) is 0 Å².